The lowest BCUT2D eigenvalue weighted by Crippen LogP contribution is -2.29. The molecule has 72 valence electrons. The van der Waals surface area contributed by atoms with E-state index >= 15 is 0 Å². The standard InChI is InChI=1S/C6H16N4S2/c11-8-3-4-9-12-10-6-1-2-7-5-6/h6-11H,1-5H2. The Kier molecular flexibility index (Phi) is 6.19. The van der Waals surface area contributed by atoms with Gasteiger partial charge in [0.25, 0.3) is 0 Å². The van der Waals surface area contributed by atoms with Gasteiger partial charge in [0, 0.05) is 37.8 Å². The van der Waals surface area contributed by atoms with E-state index in [0.717, 1.165) is 26.2 Å². The van der Waals surface area contributed by atoms with Gasteiger partial charge in [-0.3, -0.25) is 4.72 Å². The lowest BCUT2D eigenvalue weighted by molar-refractivity contribution is 0.688. The third kappa shape index (κ3) is 4.54. The molecule has 6 heteroatoms. The second-order valence-corrected chi connectivity index (χ2v) is 3.76. The smallest absolute Gasteiger partial charge is 0.0320 e. The van der Waals surface area contributed by atoms with E-state index in [1.165, 1.54) is 6.42 Å². The van der Waals surface area contributed by atoms with Crippen LogP contribution in [0.15, 0.2) is 0 Å². The molecule has 0 aromatic heterocycles. The van der Waals surface area contributed by atoms with Gasteiger partial charge in [-0.1, -0.05) is 12.8 Å². The maximum absolute atomic E-state index is 3.88. The van der Waals surface area contributed by atoms with Gasteiger partial charge in [0.05, 0.1) is 0 Å². The van der Waals surface area contributed by atoms with Crippen molar-refractivity contribution in [3.63, 3.8) is 0 Å². The molecule has 0 aromatic carbocycles. The summed E-state index contributed by atoms with van der Waals surface area (Å²) >= 11 is 5.46. The van der Waals surface area contributed by atoms with Crippen LogP contribution in [0.2, 0.25) is 0 Å². The summed E-state index contributed by atoms with van der Waals surface area (Å²) < 4.78 is 9.29. The van der Waals surface area contributed by atoms with Crippen LogP contribution < -0.4 is 19.5 Å². The van der Waals surface area contributed by atoms with Gasteiger partial charge in [0.1, 0.15) is 0 Å². The van der Waals surface area contributed by atoms with Crippen LogP contribution in [0.4, 0.5) is 0 Å². The molecule has 0 radical (unpaired) electrons. The predicted molar refractivity (Wildman–Crippen MR) is 57.0 cm³/mol. The van der Waals surface area contributed by atoms with E-state index in [-0.39, 0.29) is 0 Å². The van der Waals surface area contributed by atoms with E-state index in [0.29, 0.717) is 6.04 Å². The second kappa shape index (κ2) is 6.99. The summed E-state index contributed by atoms with van der Waals surface area (Å²) in [4.78, 5) is 0. The summed E-state index contributed by atoms with van der Waals surface area (Å²) in [5, 5.41) is 3.30. The molecule has 1 aliphatic rings. The molecule has 0 amide bonds. The molecule has 0 aliphatic carbocycles. The Morgan fingerprint density at radius 3 is 3.08 bits per heavy atom. The first-order valence-corrected chi connectivity index (χ1v) is 5.41. The average Bonchev–Trinajstić information content (AvgIpc) is 2.57. The maximum atomic E-state index is 3.88. The largest absolute Gasteiger partial charge is 0.315 e. The number of hydrogen-bond acceptors (Lipinski definition) is 6. The number of thiol groups is 1. The lowest BCUT2D eigenvalue weighted by atomic mass is 10.3. The summed E-state index contributed by atoms with van der Waals surface area (Å²) in [6.45, 7) is 4.01. The summed E-state index contributed by atoms with van der Waals surface area (Å²) in [6.07, 6.45) is 1.22. The highest BCUT2D eigenvalue weighted by molar-refractivity contribution is 7.95. The van der Waals surface area contributed by atoms with Gasteiger partial charge in [-0.25, -0.2) is 9.44 Å². The predicted octanol–water partition coefficient (Wildman–Crippen LogP) is -0.475. The van der Waals surface area contributed by atoms with Gasteiger partial charge in [0.15, 0.2) is 0 Å². The van der Waals surface area contributed by atoms with Crippen LogP contribution >= 0.6 is 24.9 Å². The van der Waals surface area contributed by atoms with Gasteiger partial charge >= 0.3 is 0 Å². The summed E-state index contributed by atoms with van der Waals surface area (Å²) in [5.74, 6) is 0. The number of nitrogens with one attached hydrogen (secondary N) is 4. The quantitative estimate of drug-likeness (QED) is 0.232. The topological polar surface area (TPSA) is 48.1 Å². The summed E-state index contributed by atoms with van der Waals surface area (Å²) in [5.41, 5.74) is 0. The lowest BCUT2D eigenvalue weighted by Gasteiger charge is -2.09. The van der Waals surface area contributed by atoms with Gasteiger partial charge < -0.3 is 5.32 Å². The molecule has 0 aromatic rings. The molecule has 12 heavy (non-hydrogen) atoms. The Labute approximate surface area is 83.4 Å². The molecule has 4 N–H and O–H groups in total. The first-order valence-electron chi connectivity index (χ1n) is 4.15. The SMILES string of the molecule is SNCCNSNC1CCNC1. The highest BCUT2D eigenvalue weighted by Crippen LogP contribution is 2.00. The molecule has 1 heterocycles. The molecule has 0 saturated carbocycles. The molecule has 1 atom stereocenters. The third-order valence-electron chi connectivity index (χ3n) is 1.70. The van der Waals surface area contributed by atoms with Crippen molar-refractivity contribution in [2.45, 2.75) is 12.5 Å². The van der Waals surface area contributed by atoms with E-state index < -0.39 is 0 Å². The van der Waals surface area contributed by atoms with Crippen LogP contribution in [-0.4, -0.2) is 32.2 Å². The zero-order valence-electron chi connectivity index (χ0n) is 6.97. The molecule has 1 saturated heterocycles. The van der Waals surface area contributed by atoms with E-state index in [1.807, 2.05) is 0 Å². The van der Waals surface area contributed by atoms with Crippen molar-refractivity contribution in [1.82, 2.24) is 19.5 Å². The monoisotopic (exact) mass is 208 g/mol. The first kappa shape index (κ1) is 10.6. The molecular formula is C6H16N4S2. The summed E-state index contributed by atoms with van der Waals surface area (Å²) in [7, 11) is 0. The minimum atomic E-state index is 0.617. The molecule has 0 bridgehead atoms. The highest BCUT2D eigenvalue weighted by atomic mass is 32.2. The maximum Gasteiger partial charge on any atom is 0.0320 e. The molecule has 1 aliphatic heterocycles. The van der Waals surface area contributed by atoms with E-state index in [2.05, 4.69) is 32.3 Å². The van der Waals surface area contributed by atoms with Gasteiger partial charge in [-0.2, -0.15) is 0 Å². The van der Waals surface area contributed by atoms with Crippen LogP contribution in [0.1, 0.15) is 6.42 Å². The minimum Gasteiger partial charge on any atom is -0.315 e. The highest BCUT2D eigenvalue weighted by Gasteiger charge is 2.12. The molecule has 1 rings (SSSR count). The van der Waals surface area contributed by atoms with Crippen molar-refractivity contribution >= 4 is 24.9 Å². The fourth-order valence-electron chi connectivity index (χ4n) is 1.04. The van der Waals surface area contributed by atoms with Crippen LogP contribution in [0.25, 0.3) is 0 Å². The number of hydrogen-bond donors (Lipinski definition) is 5. The molecule has 1 fully saturated rings. The van der Waals surface area contributed by atoms with Crippen molar-refractivity contribution in [3.05, 3.63) is 0 Å². The second-order valence-electron chi connectivity index (χ2n) is 2.71. The van der Waals surface area contributed by atoms with Gasteiger partial charge in [0.2, 0.25) is 0 Å². The van der Waals surface area contributed by atoms with Crippen LogP contribution in [0.3, 0.4) is 0 Å². The van der Waals surface area contributed by atoms with Crippen LogP contribution in [-0.2, 0) is 0 Å². The van der Waals surface area contributed by atoms with Crippen molar-refractivity contribution in [2.75, 3.05) is 26.2 Å². The van der Waals surface area contributed by atoms with Crippen LogP contribution in [0, 0.1) is 0 Å². The Morgan fingerprint density at radius 2 is 2.42 bits per heavy atom. The van der Waals surface area contributed by atoms with Gasteiger partial charge in [-0.05, 0) is 13.0 Å². The molecular weight excluding hydrogens is 192 g/mol. The van der Waals surface area contributed by atoms with Crippen molar-refractivity contribution in [2.24, 2.45) is 0 Å². The Balaban J connectivity index is 1.81. The third-order valence-corrected chi connectivity index (χ3v) is 2.72. The zero-order chi connectivity index (χ0) is 8.65. The minimum absolute atomic E-state index is 0.617. The van der Waals surface area contributed by atoms with E-state index in [1.54, 1.807) is 12.1 Å². The molecule has 0 spiro atoms. The Bertz CT molecular complexity index is 108. The fraction of sp³-hybridized carbons (Fsp3) is 1.00. The first-order chi connectivity index (χ1) is 5.93. The molecule has 4 nitrogen and oxygen atoms in total. The van der Waals surface area contributed by atoms with Crippen molar-refractivity contribution in [3.8, 4) is 0 Å². The average molecular weight is 208 g/mol. The van der Waals surface area contributed by atoms with E-state index in [9.17, 15) is 0 Å². The van der Waals surface area contributed by atoms with Crippen LogP contribution in [0.5, 0.6) is 0 Å². The number of rotatable bonds is 6. The van der Waals surface area contributed by atoms with Gasteiger partial charge in [-0.15, -0.1) is 0 Å². The normalized spacial score (nSPS) is 23.2. The Morgan fingerprint density at radius 1 is 1.50 bits per heavy atom. The summed E-state index contributed by atoms with van der Waals surface area (Å²) in [6, 6.07) is 0.617. The Hall–Kier alpha value is 0.540. The fourth-order valence-corrected chi connectivity index (χ4v) is 1.81. The van der Waals surface area contributed by atoms with E-state index in [4.69, 9.17) is 0 Å². The van der Waals surface area contributed by atoms with Crippen molar-refractivity contribution in [1.29, 1.82) is 0 Å². The van der Waals surface area contributed by atoms with Crippen molar-refractivity contribution < 1.29 is 0 Å². The molecule has 1 unspecified atom stereocenters. The zero-order valence-corrected chi connectivity index (χ0v) is 8.68.